The minimum Gasteiger partial charge on any atom is -0.392 e. The minimum absolute atomic E-state index is 0.234. The quantitative estimate of drug-likeness (QED) is 0.841. The average molecular weight is 303 g/mol. The minimum atomic E-state index is -0.238. The van der Waals surface area contributed by atoms with E-state index in [0.29, 0.717) is 26.5 Å². The normalized spacial score (nSPS) is 16.1. The molecule has 0 saturated heterocycles. The van der Waals surface area contributed by atoms with E-state index in [1.54, 1.807) is 12.1 Å². The van der Waals surface area contributed by atoms with Crippen molar-refractivity contribution in [1.82, 2.24) is 5.32 Å². The van der Waals surface area contributed by atoms with E-state index in [1.807, 2.05) is 0 Å². The van der Waals surface area contributed by atoms with Crippen LogP contribution in [0.4, 0.5) is 0 Å². The van der Waals surface area contributed by atoms with Crippen LogP contribution in [0.1, 0.15) is 23.2 Å². The molecule has 1 atom stereocenters. The van der Waals surface area contributed by atoms with Gasteiger partial charge < -0.3 is 11.1 Å². The van der Waals surface area contributed by atoms with E-state index in [4.69, 9.17) is 41.2 Å². The number of halogens is 2. The van der Waals surface area contributed by atoms with Gasteiger partial charge in [0.2, 0.25) is 0 Å². The van der Waals surface area contributed by atoms with E-state index in [-0.39, 0.29) is 11.9 Å². The summed E-state index contributed by atoms with van der Waals surface area (Å²) in [7, 11) is 0. The van der Waals surface area contributed by atoms with Crippen LogP contribution in [0.15, 0.2) is 18.2 Å². The molecule has 1 unspecified atom stereocenters. The number of thiocarbonyl (C=S) groups is 1. The molecular weight excluding hydrogens is 291 g/mol. The summed E-state index contributed by atoms with van der Waals surface area (Å²) < 4.78 is 0. The fourth-order valence-electron chi connectivity index (χ4n) is 1.71. The molecule has 1 aromatic rings. The largest absolute Gasteiger partial charge is 0.392 e. The van der Waals surface area contributed by atoms with Crippen LogP contribution in [0, 0.1) is 5.92 Å². The van der Waals surface area contributed by atoms with Crippen LogP contribution in [0.25, 0.3) is 0 Å². The Hall–Kier alpha value is -0.840. The monoisotopic (exact) mass is 302 g/mol. The zero-order valence-electron chi connectivity index (χ0n) is 9.45. The van der Waals surface area contributed by atoms with Gasteiger partial charge in [-0.05, 0) is 37.0 Å². The van der Waals surface area contributed by atoms with Crippen LogP contribution < -0.4 is 11.1 Å². The van der Waals surface area contributed by atoms with Crippen molar-refractivity contribution >= 4 is 46.3 Å². The first kappa shape index (κ1) is 13.6. The van der Waals surface area contributed by atoms with Crippen molar-refractivity contribution < 1.29 is 4.79 Å². The van der Waals surface area contributed by atoms with Crippen molar-refractivity contribution in [3.8, 4) is 0 Å². The van der Waals surface area contributed by atoms with E-state index in [9.17, 15) is 4.79 Å². The molecule has 1 aliphatic carbocycles. The Labute approximate surface area is 121 Å². The fourth-order valence-corrected chi connectivity index (χ4v) is 2.26. The van der Waals surface area contributed by atoms with Crippen molar-refractivity contribution in [3.05, 3.63) is 33.8 Å². The number of carbonyl (C=O) groups is 1. The summed E-state index contributed by atoms with van der Waals surface area (Å²) in [4.78, 5) is 12.4. The van der Waals surface area contributed by atoms with E-state index >= 15 is 0 Å². The van der Waals surface area contributed by atoms with Gasteiger partial charge in [0, 0.05) is 5.56 Å². The summed E-state index contributed by atoms with van der Waals surface area (Å²) in [5.41, 5.74) is 6.08. The molecule has 18 heavy (non-hydrogen) atoms. The Morgan fingerprint density at radius 3 is 2.56 bits per heavy atom. The van der Waals surface area contributed by atoms with Gasteiger partial charge in [-0.1, -0.05) is 35.4 Å². The number of carbonyl (C=O) groups excluding carboxylic acids is 1. The molecule has 1 amide bonds. The number of rotatable bonds is 4. The number of benzene rings is 1. The lowest BCUT2D eigenvalue weighted by Crippen LogP contribution is -2.45. The molecule has 1 fully saturated rings. The zero-order chi connectivity index (χ0) is 13.3. The Bertz CT molecular complexity index is 503. The average Bonchev–Trinajstić information content (AvgIpc) is 3.13. The molecule has 2 rings (SSSR count). The zero-order valence-corrected chi connectivity index (χ0v) is 11.8. The van der Waals surface area contributed by atoms with Crippen LogP contribution in [-0.2, 0) is 0 Å². The Kier molecular flexibility index (Phi) is 4.10. The van der Waals surface area contributed by atoms with Gasteiger partial charge in [0.15, 0.2) is 0 Å². The Morgan fingerprint density at radius 1 is 1.39 bits per heavy atom. The van der Waals surface area contributed by atoms with Crippen LogP contribution in [0.3, 0.4) is 0 Å². The van der Waals surface area contributed by atoms with E-state index in [2.05, 4.69) is 5.32 Å². The van der Waals surface area contributed by atoms with Gasteiger partial charge in [-0.2, -0.15) is 0 Å². The topological polar surface area (TPSA) is 55.1 Å². The second kappa shape index (κ2) is 5.43. The third kappa shape index (κ3) is 3.13. The van der Waals surface area contributed by atoms with Gasteiger partial charge in [-0.3, -0.25) is 4.79 Å². The highest BCUT2D eigenvalue weighted by molar-refractivity contribution is 7.80. The number of nitrogens with two attached hydrogens (primary N) is 1. The molecule has 96 valence electrons. The highest BCUT2D eigenvalue weighted by atomic mass is 35.5. The molecule has 0 bridgehead atoms. The highest BCUT2D eigenvalue weighted by Gasteiger charge is 2.34. The smallest absolute Gasteiger partial charge is 0.251 e. The molecule has 1 aromatic carbocycles. The first-order valence-electron chi connectivity index (χ1n) is 5.54. The fraction of sp³-hybridized carbons (Fsp3) is 0.333. The molecule has 6 heteroatoms. The van der Waals surface area contributed by atoms with Gasteiger partial charge in [-0.25, -0.2) is 0 Å². The maximum absolute atomic E-state index is 12.0. The van der Waals surface area contributed by atoms with Crippen LogP contribution in [0.5, 0.6) is 0 Å². The Morgan fingerprint density at radius 2 is 2.06 bits per heavy atom. The lowest BCUT2D eigenvalue weighted by atomic mass is 10.1. The van der Waals surface area contributed by atoms with Gasteiger partial charge in [0.25, 0.3) is 5.91 Å². The molecule has 0 spiro atoms. The lowest BCUT2D eigenvalue weighted by molar-refractivity contribution is 0.0944. The van der Waals surface area contributed by atoms with Gasteiger partial charge >= 0.3 is 0 Å². The van der Waals surface area contributed by atoms with Crippen LogP contribution >= 0.6 is 35.4 Å². The molecule has 1 saturated carbocycles. The Balaban J connectivity index is 2.10. The molecule has 1 aliphatic rings. The number of nitrogens with one attached hydrogen (secondary N) is 1. The summed E-state index contributed by atoms with van der Waals surface area (Å²) in [6.07, 6.45) is 2.09. The summed E-state index contributed by atoms with van der Waals surface area (Å²) >= 11 is 16.6. The second-order valence-corrected chi connectivity index (χ2v) is 5.61. The van der Waals surface area contributed by atoms with Crippen molar-refractivity contribution in [2.75, 3.05) is 0 Å². The number of amides is 1. The maximum atomic E-state index is 12.0. The summed E-state index contributed by atoms with van der Waals surface area (Å²) in [6.45, 7) is 0. The molecule has 3 nitrogen and oxygen atoms in total. The summed E-state index contributed by atoms with van der Waals surface area (Å²) in [5, 5.41) is 3.60. The van der Waals surface area contributed by atoms with Crippen molar-refractivity contribution in [1.29, 1.82) is 0 Å². The summed E-state index contributed by atoms with van der Waals surface area (Å²) in [6, 6.07) is 4.50. The number of hydrogen-bond donors (Lipinski definition) is 2. The third-order valence-corrected chi connectivity index (χ3v) is 3.86. The molecule has 0 aromatic heterocycles. The van der Waals surface area contributed by atoms with E-state index < -0.39 is 0 Å². The SMILES string of the molecule is NC(=S)C(NC(=O)c1ccc(Cl)c(Cl)c1)C1CC1. The van der Waals surface area contributed by atoms with Crippen LogP contribution in [0.2, 0.25) is 10.0 Å². The van der Waals surface area contributed by atoms with Crippen molar-refractivity contribution in [2.45, 2.75) is 18.9 Å². The van der Waals surface area contributed by atoms with Gasteiger partial charge in [0.05, 0.1) is 21.1 Å². The van der Waals surface area contributed by atoms with Gasteiger partial charge in [0.1, 0.15) is 0 Å². The lowest BCUT2D eigenvalue weighted by Gasteiger charge is -2.16. The summed E-state index contributed by atoms with van der Waals surface area (Å²) in [5.74, 6) is 0.132. The third-order valence-electron chi connectivity index (χ3n) is 2.87. The predicted octanol–water partition coefficient (Wildman–Crippen LogP) is 2.79. The number of hydrogen-bond acceptors (Lipinski definition) is 2. The molecule has 0 heterocycles. The molecule has 3 N–H and O–H groups in total. The molecular formula is C12H12Cl2N2OS. The van der Waals surface area contributed by atoms with Crippen molar-refractivity contribution in [3.63, 3.8) is 0 Å². The van der Waals surface area contributed by atoms with E-state index in [0.717, 1.165) is 12.8 Å². The van der Waals surface area contributed by atoms with Crippen molar-refractivity contribution in [2.24, 2.45) is 11.7 Å². The standard InChI is InChI=1S/C12H12Cl2N2OS/c13-8-4-3-7(5-9(8)14)12(17)16-10(11(15)18)6-1-2-6/h3-6,10H,1-2H2,(H2,15,18)(H,16,17). The first-order chi connectivity index (χ1) is 8.49. The predicted molar refractivity (Wildman–Crippen MR) is 77.2 cm³/mol. The van der Waals surface area contributed by atoms with E-state index in [1.165, 1.54) is 6.07 Å². The highest BCUT2D eigenvalue weighted by Crippen LogP contribution is 2.33. The maximum Gasteiger partial charge on any atom is 0.251 e. The second-order valence-electron chi connectivity index (χ2n) is 4.32. The van der Waals surface area contributed by atoms with Gasteiger partial charge in [-0.15, -0.1) is 0 Å². The first-order valence-corrected chi connectivity index (χ1v) is 6.70. The molecule has 0 aliphatic heterocycles. The molecule has 0 radical (unpaired) electrons. The van der Waals surface area contributed by atoms with Crippen LogP contribution in [-0.4, -0.2) is 16.9 Å².